The molecule has 0 saturated carbocycles. The van der Waals surface area contributed by atoms with Crippen LogP contribution >= 0.6 is 0 Å². The van der Waals surface area contributed by atoms with Crippen LogP contribution < -0.4 is 10.6 Å². The third-order valence-corrected chi connectivity index (χ3v) is 4.73. The predicted molar refractivity (Wildman–Crippen MR) is 129 cm³/mol. The third kappa shape index (κ3) is 6.58. The molecule has 0 saturated heterocycles. The number of rotatable bonds is 5. The summed E-state index contributed by atoms with van der Waals surface area (Å²) in [5.41, 5.74) is 8.08. The summed E-state index contributed by atoms with van der Waals surface area (Å²) in [6, 6.07) is 24.5. The van der Waals surface area contributed by atoms with Crippen LogP contribution in [0.25, 0.3) is 0 Å². The van der Waals surface area contributed by atoms with Gasteiger partial charge in [0.1, 0.15) is 0 Å². The number of aliphatic imine (C=N–C) groups is 2. The zero-order valence-corrected chi connectivity index (χ0v) is 20.5. The molecule has 1 aliphatic carbocycles. The van der Waals surface area contributed by atoms with Gasteiger partial charge in [0.05, 0.1) is 22.8 Å². The Kier molecular flexibility index (Phi) is 8.10. The molecular formula is C26H24N4Y. The van der Waals surface area contributed by atoms with Crippen molar-refractivity contribution in [2.24, 2.45) is 9.98 Å². The van der Waals surface area contributed by atoms with Crippen LogP contribution in [-0.4, -0.2) is 18.5 Å². The van der Waals surface area contributed by atoms with Crippen LogP contribution in [0.5, 0.6) is 0 Å². The SMILES string of the molecule is CNc1ccc(Nc2ccc(N=C3C=CC(=Nc4ccc(C)cc4)C=C3)cc2)cc1.[Y]. The van der Waals surface area contributed by atoms with E-state index in [9.17, 15) is 0 Å². The maximum atomic E-state index is 4.69. The van der Waals surface area contributed by atoms with Crippen LogP contribution in [0.3, 0.4) is 0 Å². The van der Waals surface area contributed by atoms with Gasteiger partial charge in [-0.25, -0.2) is 9.98 Å². The van der Waals surface area contributed by atoms with Gasteiger partial charge in [-0.1, -0.05) is 17.7 Å². The molecule has 4 nitrogen and oxygen atoms in total. The van der Waals surface area contributed by atoms with Crippen molar-refractivity contribution in [1.82, 2.24) is 0 Å². The van der Waals surface area contributed by atoms with Crippen molar-refractivity contribution >= 4 is 39.9 Å². The number of anilines is 3. The van der Waals surface area contributed by atoms with E-state index in [1.807, 2.05) is 92.0 Å². The summed E-state index contributed by atoms with van der Waals surface area (Å²) in [5, 5.41) is 6.52. The minimum atomic E-state index is 0. The molecule has 3 aromatic rings. The molecule has 2 N–H and O–H groups in total. The standard InChI is InChI=1S/C26H24N4.Y/c1-19-3-5-21(6-4-19)28-23-11-13-25(14-12-23)30-26-17-15-24(16-18-26)29-22-9-7-20(27-2)8-10-22;/h3-18,27,29H,1-2H3;. The molecule has 0 spiro atoms. The van der Waals surface area contributed by atoms with E-state index in [4.69, 9.17) is 4.99 Å². The number of aryl methyl sites for hydroxylation is 1. The minimum Gasteiger partial charge on any atom is -0.388 e. The molecule has 4 rings (SSSR count). The van der Waals surface area contributed by atoms with Crippen LogP contribution in [0.1, 0.15) is 5.56 Å². The molecule has 0 aromatic heterocycles. The minimum absolute atomic E-state index is 0. The molecule has 151 valence electrons. The van der Waals surface area contributed by atoms with Crippen molar-refractivity contribution in [2.45, 2.75) is 6.92 Å². The summed E-state index contributed by atoms with van der Waals surface area (Å²) in [6.07, 6.45) is 7.96. The fraction of sp³-hybridized carbons (Fsp3) is 0.0769. The Balaban J connectivity index is 0.00000272. The van der Waals surface area contributed by atoms with E-state index in [-0.39, 0.29) is 32.7 Å². The maximum absolute atomic E-state index is 4.69. The smallest absolute Gasteiger partial charge is 0.0638 e. The first-order valence-corrected chi connectivity index (χ1v) is 9.93. The zero-order valence-electron chi connectivity index (χ0n) is 17.7. The molecule has 0 amide bonds. The van der Waals surface area contributed by atoms with Gasteiger partial charge in [-0.15, -0.1) is 0 Å². The van der Waals surface area contributed by atoms with E-state index in [2.05, 4.69) is 34.7 Å². The van der Waals surface area contributed by atoms with Crippen molar-refractivity contribution in [3.8, 4) is 0 Å². The molecule has 0 heterocycles. The topological polar surface area (TPSA) is 48.8 Å². The summed E-state index contributed by atoms with van der Waals surface area (Å²) in [6.45, 7) is 2.07. The molecule has 0 bridgehead atoms. The van der Waals surface area contributed by atoms with Gasteiger partial charge in [0.15, 0.2) is 0 Å². The van der Waals surface area contributed by atoms with Gasteiger partial charge in [0.2, 0.25) is 0 Å². The van der Waals surface area contributed by atoms with E-state index < -0.39 is 0 Å². The van der Waals surface area contributed by atoms with Gasteiger partial charge in [-0.2, -0.15) is 0 Å². The molecule has 0 atom stereocenters. The molecule has 0 aliphatic heterocycles. The molecule has 31 heavy (non-hydrogen) atoms. The fourth-order valence-corrected chi connectivity index (χ4v) is 3.03. The first-order chi connectivity index (χ1) is 14.7. The van der Waals surface area contributed by atoms with E-state index in [0.29, 0.717) is 0 Å². The van der Waals surface area contributed by atoms with Crippen LogP contribution in [0.2, 0.25) is 0 Å². The van der Waals surface area contributed by atoms with Crippen LogP contribution in [0.4, 0.5) is 28.4 Å². The zero-order chi connectivity index (χ0) is 20.8. The molecule has 1 aliphatic rings. The average molecular weight is 481 g/mol. The Morgan fingerprint density at radius 1 is 0.548 bits per heavy atom. The van der Waals surface area contributed by atoms with Gasteiger partial charge in [0, 0.05) is 56.8 Å². The molecule has 5 heteroatoms. The van der Waals surface area contributed by atoms with Crippen molar-refractivity contribution in [3.63, 3.8) is 0 Å². The van der Waals surface area contributed by atoms with Gasteiger partial charge in [-0.05, 0) is 91.9 Å². The van der Waals surface area contributed by atoms with Gasteiger partial charge in [-0.3, -0.25) is 0 Å². The summed E-state index contributed by atoms with van der Waals surface area (Å²) in [4.78, 5) is 9.33. The molecule has 0 unspecified atom stereocenters. The van der Waals surface area contributed by atoms with Crippen molar-refractivity contribution < 1.29 is 32.7 Å². The van der Waals surface area contributed by atoms with Crippen LogP contribution in [0, 0.1) is 6.92 Å². The third-order valence-electron chi connectivity index (χ3n) is 4.73. The second-order valence-electron chi connectivity index (χ2n) is 7.07. The van der Waals surface area contributed by atoms with E-state index in [1.165, 1.54) is 5.56 Å². The number of hydrogen-bond acceptors (Lipinski definition) is 4. The monoisotopic (exact) mass is 481 g/mol. The Labute approximate surface area is 208 Å². The average Bonchev–Trinajstić information content (AvgIpc) is 2.78. The predicted octanol–water partition coefficient (Wildman–Crippen LogP) is 6.75. The van der Waals surface area contributed by atoms with Crippen LogP contribution in [-0.2, 0) is 32.7 Å². The first-order valence-electron chi connectivity index (χ1n) is 9.93. The quantitative estimate of drug-likeness (QED) is 0.396. The van der Waals surface area contributed by atoms with E-state index in [1.54, 1.807) is 0 Å². The number of nitrogens with one attached hydrogen (secondary N) is 2. The maximum Gasteiger partial charge on any atom is 0.0638 e. The Morgan fingerprint density at radius 2 is 0.935 bits per heavy atom. The number of allylic oxidation sites excluding steroid dienone is 4. The largest absolute Gasteiger partial charge is 0.388 e. The Morgan fingerprint density at radius 3 is 1.39 bits per heavy atom. The van der Waals surface area contributed by atoms with E-state index >= 15 is 0 Å². The van der Waals surface area contributed by atoms with Crippen molar-refractivity contribution in [1.29, 1.82) is 0 Å². The molecular weight excluding hydrogens is 457 g/mol. The fourth-order valence-electron chi connectivity index (χ4n) is 3.03. The second kappa shape index (κ2) is 11.0. The Bertz CT molecular complexity index is 1110. The van der Waals surface area contributed by atoms with Crippen molar-refractivity contribution in [2.75, 3.05) is 17.7 Å². The van der Waals surface area contributed by atoms with Crippen LogP contribution in [0.15, 0.2) is 107 Å². The number of benzene rings is 3. The number of hydrogen-bond donors (Lipinski definition) is 2. The summed E-state index contributed by atoms with van der Waals surface area (Å²) >= 11 is 0. The number of nitrogens with zero attached hydrogens (tertiary/aromatic N) is 2. The van der Waals surface area contributed by atoms with Gasteiger partial charge in [0.25, 0.3) is 0 Å². The van der Waals surface area contributed by atoms with Gasteiger partial charge >= 0.3 is 0 Å². The van der Waals surface area contributed by atoms with Gasteiger partial charge < -0.3 is 10.6 Å². The first kappa shape index (κ1) is 22.9. The molecule has 0 fully saturated rings. The summed E-state index contributed by atoms with van der Waals surface area (Å²) < 4.78 is 0. The van der Waals surface area contributed by atoms with E-state index in [0.717, 1.165) is 39.9 Å². The second-order valence-corrected chi connectivity index (χ2v) is 7.07. The Hall–Kier alpha value is -2.82. The van der Waals surface area contributed by atoms with Crippen molar-refractivity contribution in [3.05, 3.63) is 103 Å². The summed E-state index contributed by atoms with van der Waals surface area (Å²) in [7, 11) is 1.91. The normalized spacial score (nSPS) is 12.2. The molecule has 1 radical (unpaired) electrons. The summed E-state index contributed by atoms with van der Waals surface area (Å²) in [5.74, 6) is 0. The molecule has 3 aromatic carbocycles.